The van der Waals surface area contributed by atoms with Crippen molar-refractivity contribution in [2.45, 2.75) is 79.4 Å². The molecule has 0 fully saturated rings. The molecular formula is C49H44N4O2. The van der Waals surface area contributed by atoms with Gasteiger partial charge >= 0.3 is 0 Å². The summed E-state index contributed by atoms with van der Waals surface area (Å²) in [7, 11) is 0. The van der Waals surface area contributed by atoms with Gasteiger partial charge in [-0.05, 0) is 83.0 Å². The standard InChI is InChI=1S/C49H44N4O2/c1-26(2)35-23-32(30-15-11-10-12-16-30)24-36(27(3)4)42(35)53-43-33-18-14-13-17-31(33)20-22-38(43)51-47(53)34-21-19-28(5)39-40-41-46(55-48(52-41)49(7,8)9)37(25-50)29(6)44(40)54-45(34)39/h10-24,26-27H,1-9H3/i5D3,6D3. The molecule has 0 amide bonds. The van der Waals surface area contributed by atoms with Gasteiger partial charge in [0, 0.05) is 30.0 Å². The molecule has 9 rings (SSSR count). The molecule has 0 aliphatic heterocycles. The molecule has 9 aromatic rings. The molecule has 0 bridgehead atoms. The van der Waals surface area contributed by atoms with E-state index in [1.54, 1.807) is 12.1 Å². The first-order valence-corrected chi connectivity index (χ1v) is 18.7. The van der Waals surface area contributed by atoms with Crippen LogP contribution in [0.3, 0.4) is 0 Å². The van der Waals surface area contributed by atoms with Gasteiger partial charge in [0.25, 0.3) is 0 Å². The molecule has 3 heterocycles. The SMILES string of the molecule is [2H]C([2H])([2H])c1c(C#N)c2oc(C(C)(C)C)nc2c2c1oc1c(-c3nc4ccc5ccccc5c4n3-c3c(C(C)C)cc(-c4ccccc4)cc3C(C)C)ccc(C([2H])([2H])[2H])c12. The van der Waals surface area contributed by atoms with Crippen molar-refractivity contribution >= 4 is 54.8 Å². The molecule has 6 nitrogen and oxygen atoms in total. The van der Waals surface area contributed by atoms with Gasteiger partial charge in [-0.3, -0.25) is 4.57 Å². The van der Waals surface area contributed by atoms with Gasteiger partial charge in [0.05, 0.1) is 27.7 Å². The lowest BCUT2D eigenvalue weighted by molar-refractivity contribution is 0.410. The Balaban J connectivity index is 1.52. The molecule has 3 aromatic heterocycles. The summed E-state index contributed by atoms with van der Waals surface area (Å²) in [6.45, 7) is 8.86. The van der Waals surface area contributed by atoms with Crippen molar-refractivity contribution < 1.29 is 17.1 Å². The number of benzene rings is 6. The average Bonchev–Trinajstić information content (AvgIpc) is 3.93. The quantitative estimate of drug-likeness (QED) is 0.176. The summed E-state index contributed by atoms with van der Waals surface area (Å²) < 4.78 is 67.7. The molecule has 0 atom stereocenters. The first-order chi connectivity index (χ1) is 28.8. The molecule has 0 radical (unpaired) electrons. The van der Waals surface area contributed by atoms with Gasteiger partial charge in [-0.25, -0.2) is 9.97 Å². The summed E-state index contributed by atoms with van der Waals surface area (Å²) in [5, 5.41) is 12.9. The molecule has 0 aliphatic rings. The van der Waals surface area contributed by atoms with Crippen molar-refractivity contribution in [3.8, 4) is 34.3 Å². The van der Waals surface area contributed by atoms with Gasteiger partial charge in [-0.1, -0.05) is 115 Å². The van der Waals surface area contributed by atoms with E-state index in [0.29, 0.717) is 16.9 Å². The Morgan fingerprint density at radius 3 is 2.15 bits per heavy atom. The van der Waals surface area contributed by atoms with Crippen LogP contribution in [0.4, 0.5) is 0 Å². The van der Waals surface area contributed by atoms with Crippen molar-refractivity contribution in [2.24, 2.45) is 0 Å². The summed E-state index contributed by atoms with van der Waals surface area (Å²) in [6, 6.07) is 32.3. The number of oxazole rings is 1. The number of furan rings is 1. The minimum atomic E-state index is -2.86. The fourth-order valence-electron chi connectivity index (χ4n) is 7.95. The lowest BCUT2D eigenvalue weighted by atomic mass is 9.88. The van der Waals surface area contributed by atoms with Crippen LogP contribution >= 0.6 is 0 Å². The van der Waals surface area contributed by atoms with Crippen LogP contribution in [-0.4, -0.2) is 14.5 Å². The number of fused-ring (bicyclic) bond motifs is 8. The highest BCUT2D eigenvalue weighted by atomic mass is 16.4. The number of aryl methyl sites for hydroxylation is 2. The Hall–Kier alpha value is -6.19. The number of hydrogen-bond donors (Lipinski definition) is 0. The van der Waals surface area contributed by atoms with Crippen molar-refractivity contribution in [1.82, 2.24) is 14.5 Å². The second-order valence-electron chi connectivity index (χ2n) is 16.1. The third kappa shape index (κ3) is 5.21. The fraction of sp³-hybridized carbons (Fsp3) is 0.245. The van der Waals surface area contributed by atoms with E-state index in [0.717, 1.165) is 44.2 Å². The van der Waals surface area contributed by atoms with Crippen molar-refractivity contribution in [2.75, 3.05) is 0 Å². The van der Waals surface area contributed by atoms with E-state index in [1.807, 2.05) is 63.2 Å². The minimum absolute atomic E-state index is 0.0315. The molecule has 0 N–H and O–H groups in total. The number of hydrogen-bond acceptors (Lipinski definition) is 5. The maximum Gasteiger partial charge on any atom is 0.200 e. The molecule has 6 heteroatoms. The predicted molar refractivity (Wildman–Crippen MR) is 225 cm³/mol. The van der Waals surface area contributed by atoms with E-state index < -0.39 is 19.1 Å². The van der Waals surface area contributed by atoms with E-state index in [2.05, 4.69) is 74.7 Å². The number of rotatable bonds is 5. The molecule has 0 saturated heterocycles. The van der Waals surface area contributed by atoms with E-state index in [1.165, 1.54) is 0 Å². The van der Waals surface area contributed by atoms with E-state index in [4.69, 9.17) is 27.0 Å². The zero-order valence-electron chi connectivity index (χ0n) is 37.9. The fourth-order valence-corrected chi connectivity index (χ4v) is 7.95. The van der Waals surface area contributed by atoms with Crippen LogP contribution in [0.15, 0.2) is 99.8 Å². The number of nitriles is 1. The Bertz CT molecular complexity index is 3250. The Morgan fingerprint density at radius 1 is 0.745 bits per heavy atom. The molecule has 0 spiro atoms. The zero-order valence-corrected chi connectivity index (χ0v) is 31.9. The number of imidazole rings is 1. The second-order valence-corrected chi connectivity index (χ2v) is 16.1. The Morgan fingerprint density at radius 2 is 1.47 bits per heavy atom. The third-order valence-electron chi connectivity index (χ3n) is 10.7. The predicted octanol–water partition coefficient (Wildman–Crippen LogP) is 13.6. The van der Waals surface area contributed by atoms with E-state index >= 15 is 0 Å². The lowest BCUT2D eigenvalue weighted by Crippen LogP contribution is -2.10. The molecule has 6 aromatic carbocycles. The number of aromatic nitrogens is 3. The van der Waals surface area contributed by atoms with Gasteiger partial charge < -0.3 is 8.83 Å². The Labute approximate surface area is 329 Å². The van der Waals surface area contributed by atoms with Crippen LogP contribution in [0, 0.1) is 25.0 Å². The van der Waals surface area contributed by atoms with Gasteiger partial charge in [0.2, 0.25) is 5.89 Å². The van der Waals surface area contributed by atoms with Gasteiger partial charge in [0.15, 0.2) is 5.58 Å². The lowest BCUT2D eigenvalue weighted by Gasteiger charge is -2.24. The molecule has 55 heavy (non-hydrogen) atoms. The molecular weight excluding hydrogens is 677 g/mol. The van der Waals surface area contributed by atoms with Crippen LogP contribution in [0.25, 0.3) is 83.0 Å². The minimum Gasteiger partial charge on any atom is -0.455 e. The van der Waals surface area contributed by atoms with Crippen molar-refractivity contribution in [3.05, 3.63) is 125 Å². The molecule has 0 saturated carbocycles. The summed E-state index contributed by atoms with van der Waals surface area (Å²) in [6.07, 6.45) is 0. The van der Waals surface area contributed by atoms with Crippen molar-refractivity contribution in [1.29, 1.82) is 5.26 Å². The normalized spacial score (nSPS) is 14.5. The third-order valence-corrected chi connectivity index (χ3v) is 10.7. The summed E-state index contributed by atoms with van der Waals surface area (Å²) >= 11 is 0. The first kappa shape index (κ1) is 28.3. The van der Waals surface area contributed by atoms with E-state index in [9.17, 15) is 5.26 Å². The largest absolute Gasteiger partial charge is 0.455 e. The maximum absolute atomic E-state index is 10.6. The highest BCUT2D eigenvalue weighted by molar-refractivity contribution is 6.22. The maximum atomic E-state index is 10.6. The zero-order chi connectivity index (χ0) is 43.5. The highest BCUT2D eigenvalue weighted by Crippen LogP contribution is 2.47. The molecule has 0 aliphatic carbocycles. The average molecular weight is 727 g/mol. The van der Waals surface area contributed by atoms with Crippen molar-refractivity contribution in [3.63, 3.8) is 0 Å². The summed E-state index contributed by atoms with van der Waals surface area (Å²) in [5.41, 5.74) is 6.12. The molecule has 272 valence electrons. The molecule has 0 unspecified atom stereocenters. The second kappa shape index (κ2) is 12.4. The Kier molecular flexibility index (Phi) is 6.39. The van der Waals surface area contributed by atoms with Gasteiger partial charge in [-0.2, -0.15) is 5.26 Å². The van der Waals surface area contributed by atoms with Crippen LogP contribution in [0.2, 0.25) is 0 Å². The van der Waals surface area contributed by atoms with Crippen LogP contribution in [0.1, 0.15) is 102 Å². The van der Waals surface area contributed by atoms with Crippen LogP contribution in [-0.2, 0) is 5.41 Å². The van der Waals surface area contributed by atoms with E-state index in [-0.39, 0.29) is 67.5 Å². The summed E-state index contributed by atoms with van der Waals surface area (Å²) in [5.74, 6) is 0.860. The first-order valence-electron chi connectivity index (χ1n) is 21.7. The van der Waals surface area contributed by atoms with Gasteiger partial charge in [0.1, 0.15) is 34.1 Å². The van der Waals surface area contributed by atoms with Crippen LogP contribution in [0.5, 0.6) is 0 Å². The highest BCUT2D eigenvalue weighted by Gasteiger charge is 2.30. The topological polar surface area (TPSA) is 80.8 Å². The van der Waals surface area contributed by atoms with Crippen LogP contribution < -0.4 is 0 Å². The van der Waals surface area contributed by atoms with Gasteiger partial charge in [-0.15, -0.1) is 0 Å². The smallest absolute Gasteiger partial charge is 0.200 e. The number of nitrogens with zero attached hydrogens (tertiary/aromatic N) is 4. The monoisotopic (exact) mass is 726 g/mol. The summed E-state index contributed by atoms with van der Waals surface area (Å²) in [4.78, 5) is 10.2.